The predicted molar refractivity (Wildman–Crippen MR) is 123 cm³/mol. The standard InChI is InChI=1S/C24H23N3O4S/c1-15(2)8-12-31-18-5-3-4-17(14-18)20-19(21(28)16-6-9-25-10-7-16)22(29)23(30)27(20)24-26-11-13-32-24/h3-7,9-11,13-15,20,28H,8,12H2,1-2H3. The quantitative estimate of drug-likeness (QED) is 0.322. The molecule has 4 rings (SSSR count). The highest BCUT2D eigenvalue weighted by molar-refractivity contribution is 7.14. The molecule has 0 spiro atoms. The van der Waals surface area contributed by atoms with Crippen LogP contribution in [0, 0.1) is 5.92 Å². The minimum atomic E-state index is -0.831. The zero-order chi connectivity index (χ0) is 22.7. The second-order valence-corrected chi connectivity index (χ2v) is 8.70. The summed E-state index contributed by atoms with van der Waals surface area (Å²) in [5.74, 6) is -0.592. The van der Waals surface area contributed by atoms with Crippen molar-refractivity contribution in [2.24, 2.45) is 5.92 Å². The van der Waals surface area contributed by atoms with Gasteiger partial charge in [0.1, 0.15) is 11.5 Å². The molecule has 1 aromatic carbocycles. The number of aromatic nitrogens is 2. The Hall–Kier alpha value is -3.52. The number of aliphatic hydroxyl groups is 1. The molecule has 1 unspecified atom stereocenters. The lowest BCUT2D eigenvalue weighted by Crippen LogP contribution is -2.29. The fourth-order valence-corrected chi connectivity index (χ4v) is 4.20. The summed E-state index contributed by atoms with van der Waals surface area (Å²) >= 11 is 1.25. The maximum atomic E-state index is 13.1. The van der Waals surface area contributed by atoms with E-state index in [9.17, 15) is 14.7 Å². The van der Waals surface area contributed by atoms with E-state index in [0.717, 1.165) is 6.42 Å². The molecule has 7 nitrogen and oxygen atoms in total. The van der Waals surface area contributed by atoms with Crippen molar-refractivity contribution in [1.29, 1.82) is 0 Å². The molecule has 3 aromatic rings. The Kier molecular flexibility index (Phi) is 6.32. The molecule has 1 fully saturated rings. The van der Waals surface area contributed by atoms with Crippen molar-refractivity contribution < 1.29 is 19.4 Å². The van der Waals surface area contributed by atoms with Gasteiger partial charge in [-0.05, 0) is 42.2 Å². The molecule has 0 radical (unpaired) electrons. The van der Waals surface area contributed by atoms with Crippen LogP contribution < -0.4 is 9.64 Å². The van der Waals surface area contributed by atoms with Crippen molar-refractivity contribution in [3.63, 3.8) is 0 Å². The van der Waals surface area contributed by atoms with Crippen molar-refractivity contribution in [3.8, 4) is 5.75 Å². The Morgan fingerprint density at radius 3 is 2.66 bits per heavy atom. The molecule has 8 heteroatoms. The van der Waals surface area contributed by atoms with E-state index in [2.05, 4.69) is 23.8 Å². The molecule has 1 aliphatic rings. The highest BCUT2D eigenvalue weighted by atomic mass is 32.1. The monoisotopic (exact) mass is 449 g/mol. The number of carbonyl (C=O) groups excluding carboxylic acids is 2. The molecular formula is C24H23N3O4S. The molecule has 2 aromatic heterocycles. The van der Waals surface area contributed by atoms with Gasteiger partial charge in [-0.25, -0.2) is 4.98 Å². The van der Waals surface area contributed by atoms with Gasteiger partial charge in [-0.2, -0.15) is 0 Å². The first kappa shape index (κ1) is 21.7. The van der Waals surface area contributed by atoms with Gasteiger partial charge in [0, 0.05) is 29.5 Å². The average Bonchev–Trinajstić information content (AvgIpc) is 3.41. The summed E-state index contributed by atoms with van der Waals surface area (Å²) in [6.07, 6.45) is 5.52. The van der Waals surface area contributed by atoms with Crippen molar-refractivity contribution >= 4 is 33.9 Å². The Labute approximate surface area is 190 Å². The lowest BCUT2D eigenvalue weighted by molar-refractivity contribution is -0.132. The third-order valence-corrected chi connectivity index (χ3v) is 5.93. The molecule has 0 bridgehead atoms. The molecule has 1 aliphatic heterocycles. The normalized spacial score (nSPS) is 17.8. The number of nitrogens with zero attached hydrogens (tertiary/aromatic N) is 3. The maximum absolute atomic E-state index is 13.1. The summed E-state index contributed by atoms with van der Waals surface area (Å²) in [7, 11) is 0. The SMILES string of the molecule is CC(C)CCOc1cccc(C2C(=C(O)c3ccncc3)C(=O)C(=O)N2c2nccs2)c1. The maximum Gasteiger partial charge on any atom is 0.301 e. The van der Waals surface area contributed by atoms with Gasteiger partial charge in [0.2, 0.25) is 0 Å². The summed E-state index contributed by atoms with van der Waals surface area (Å²) in [5, 5.41) is 13.2. The summed E-state index contributed by atoms with van der Waals surface area (Å²) in [5.41, 5.74) is 1.07. The third kappa shape index (κ3) is 4.27. The topological polar surface area (TPSA) is 92.6 Å². The van der Waals surface area contributed by atoms with Gasteiger partial charge in [-0.1, -0.05) is 26.0 Å². The number of hydrogen-bond acceptors (Lipinski definition) is 7. The first-order chi connectivity index (χ1) is 15.5. The number of rotatable bonds is 7. The van der Waals surface area contributed by atoms with Gasteiger partial charge in [0.05, 0.1) is 18.2 Å². The van der Waals surface area contributed by atoms with Crippen LogP contribution in [0.25, 0.3) is 5.76 Å². The van der Waals surface area contributed by atoms with Crippen LogP contribution in [0.2, 0.25) is 0 Å². The molecule has 1 amide bonds. The first-order valence-corrected chi connectivity index (χ1v) is 11.2. The molecule has 32 heavy (non-hydrogen) atoms. The van der Waals surface area contributed by atoms with E-state index in [-0.39, 0.29) is 11.3 Å². The summed E-state index contributed by atoms with van der Waals surface area (Å²) in [6, 6.07) is 9.62. The minimum Gasteiger partial charge on any atom is -0.507 e. The molecule has 0 aliphatic carbocycles. The first-order valence-electron chi connectivity index (χ1n) is 10.3. The van der Waals surface area contributed by atoms with E-state index in [0.29, 0.717) is 34.5 Å². The number of benzene rings is 1. The van der Waals surface area contributed by atoms with Crippen LogP contribution in [0.3, 0.4) is 0 Å². The second-order valence-electron chi connectivity index (χ2n) is 7.82. The van der Waals surface area contributed by atoms with E-state index < -0.39 is 17.7 Å². The number of hydrogen-bond donors (Lipinski definition) is 1. The van der Waals surface area contributed by atoms with Crippen LogP contribution in [0.5, 0.6) is 5.75 Å². The highest BCUT2D eigenvalue weighted by Gasteiger charge is 2.48. The van der Waals surface area contributed by atoms with Gasteiger partial charge in [-0.15, -0.1) is 11.3 Å². The van der Waals surface area contributed by atoms with Crippen molar-refractivity contribution in [3.05, 3.63) is 77.1 Å². The number of aliphatic hydroxyl groups excluding tert-OH is 1. The fraction of sp³-hybridized carbons (Fsp3) is 0.250. The zero-order valence-corrected chi connectivity index (χ0v) is 18.6. The Balaban J connectivity index is 1.81. The molecule has 1 atom stereocenters. The Morgan fingerprint density at radius 1 is 1.19 bits per heavy atom. The van der Waals surface area contributed by atoms with E-state index in [1.165, 1.54) is 28.6 Å². The number of pyridine rings is 1. The number of ketones is 1. The molecule has 1 saturated heterocycles. The number of thiazole rings is 1. The summed E-state index contributed by atoms with van der Waals surface area (Å²) in [6.45, 7) is 4.81. The van der Waals surface area contributed by atoms with Crippen LogP contribution >= 0.6 is 11.3 Å². The molecule has 1 N–H and O–H groups in total. The average molecular weight is 450 g/mol. The Bertz CT molecular complexity index is 1140. The smallest absolute Gasteiger partial charge is 0.301 e. The molecular weight excluding hydrogens is 426 g/mol. The van der Waals surface area contributed by atoms with E-state index in [1.54, 1.807) is 29.8 Å². The van der Waals surface area contributed by atoms with Crippen molar-refractivity contribution in [2.75, 3.05) is 11.5 Å². The van der Waals surface area contributed by atoms with Crippen molar-refractivity contribution in [2.45, 2.75) is 26.3 Å². The van der Waals surface area contributed by atoms with Crippen LogP contribution in [-0.2, 0) is 9.59 Å². The lowest BCUT2D eigenvalue weighted by Gasteiger charge is -2.23. The third-order valence-electron chi connectivity index (χ3n) is 5.16. The van der Waals surface area contributed by atoms with Gasteiger partial charge >= 0.3 is 5.91 Å². The highest BCUT2D eigenvalue weighted by Crippen LogP contribution is 2.43. The molecule has 164 valence electrons. The van der Waals surface area contributed by atoms with Gasteiger partial charge in [0.15, 0.2) is 5.13 Å². The fourth-order valence-electron chi connectivity index (χ4n) is 3.53. The number of amides is 1. The Morgan fingerprint density at radius 2 is 1.97 bits per heavy atom. The number of Topliss-reactive ketones (excluding diaryl/α,β-unsaturated/α-hetero) is 1. The summed E-state index contributed by atoms with van der Waals surface area (Å²) in [4.78, 5) is 35.6. The van der Waals surface area contributed by atoms with E-state index in [1.807, 2.05) is 18.2 Å². The summed E-state index contributed by atoms with van der Waals surface area (Å²) < 4.78 is 5.89. The number of anilines is 1. The van der Waals surface area contributed by atoms with Crippen LogP contribution in [0.4, 0.5) is 5.13 Å². The van der Waals surface area contributed by atoms with Crippen LogP contribution in [-0.4, -0.2) is 33.4 Å². The largest absolute Gasteiger partial charge is 0.507 e. The number of carbonyl (C=O) groups is 2. The van der Waals surface area contributed by atoms with E-state index >= 15 is 0 Å². The number of ether oxygens (including phenoxy) is 1. The minimum absolute atomic E-state index is 0.00994. The molecule has 0 saturated carbocycles. The predicted octanol–water partition coefficient (Wildman–Crippen LogP) is 4.59. The lowest BCUT2D eigenvalue weighted by atomic mass is 9.95. The molecule has 3 heterocycles. The second kappa shape index (κ2) is 9.32. The van der Waals surface area contributed by atoms with Gasteiger partial charge in [-0.3, -0.25) is 19.5 Å². The van der Waals surface area contributed by atoms with Crippen LogP contribution in [0.15, 0.2) is 65.9 Å². The van der Waals surface area contributed by atoms with Gasteiger partial charge in [0.25, 0.3) is 5.78 Å². The van der Waals surface area contributed by atoms with Crippen LogP contribution in [0.1, 0.15) is 37.4 Å². The van der Waals surface area contributed by atoms with Crippen molar-refractivity contribution in [1.82, 2.24) is 9.97 Å². The van der Waals surface area contributed by atoms with E-state index in [4.69, 9.17) is 4.74 Å². The zero-order valence-electron chi connectivity index (χ0n) is 17.8. The van der Waals surface area contributed by atoms with Gasteiger partial charge < -0.3 is 9.84 Å².